The van der Waals surface area contributed by atoms with Crippen LogP contribution in [0.5, 0.6) is 0 Å². The molecule has 120 valence electrons. The van der Waals surface area contributed by atoms with E-state index < -0.39 is 0 Å². The van der Waals surface area contributed by atoms with E-state index in [2.05, 4.69) is 15.6 Å². The molecule has 24 heavy (non-hydrogen) atoms. The largest absolute Gasteiger partial charge is 0.340 e. The summed E-state index contributed by atoms with van der Waals surface area (Å²) in [6.07, 6.45) is 5.81. The Hall–Kier alpha value is -2.79. The Bertz CT molecular complexity index is 799. The molecule has 3 aromatic rings. The number of pyridine rings is 1. The van der Waals surface area contributed by atoms with E-state index in [4.69, 9.17) is 9.97 Å². The molecule has 1 fully saturated rings. The Labute approximate surface area is 141 Å². The van der Waals surface area contributed by atoms with Gasteiger partial charge in [-0.15, -0.1) is 0 Å². The van der Waals surface area contributed by atoms with Gasteiger partial charge in [0.05, 0.1) is 11.7 Å². The molecule has 0 spiro atoms. The van der Waals surface area contributed by atoms with Gasteiger partial charge in [0.25, 0.3) is 0 Å². The molecule has 0 amide bonds. The van der Waals surface area contributed by atoms with E-state index in [1.54, 1.807) is 12.4 Å². The topological polar surface area (TPSA) is 62.7 Å². The predicted molar refractivity (Wildman–Crippen MR) is 95.0 cm³/mol. The van der Waals surface area contributed by atoms with Crippen LogP contribution in [0.2, 0.25) is 0 Å². The average molecular weight is 317 g/mol. The van der Waals surface area contributed by atoms with E-state index in [1.807, 2.05) is 48.5 Å². The Morgan fingerprint density at radius 2 is 1.83 bits per heavy atom. The number of hydrogen-bond acceptors (Lipinski definition) is 5. The third-order valence-electron chi connectivity index (χ3n) is 4.14. The minimum absolute atomic E-state index is 0.225. The SMILES string of the molecule is c1ccc(Nc2cc(-c3ccncc3)nc([C@@H]3CCCN3)n2)cc1. The molecular formula is C19H19N5. The maximum Gasteiger partial charge on any atom is 0.148 e. The fraction of sp³-hybridized carbons (Fsp3) is 0.211. The molecule has 2 N–H and O–H groups in total. The molecule has 3 heterocycles. The maximum absolute atomic E-state index is 4.79. The molecule has 4 rings (SSSR count). The zero-order valence-electron chi connectivity index (χ0n) is 13.3. The number of nitrogens with zero attached hydrogens (tertiary/aromatic N) is 3. The van der Waals surface area contributed by atoms with Gasteiger partial charge < -0.3 is 10.6 Å². The standard InChI is InChI=1S/C19H19N5/c1-2-5-15(6-3-1)22-18-13-17(14-8-11-20-12-9-14)23-19(24-18)16-7-4-10-21-16/h1-3,5-6,8-9,11-13,16,21H,4,7,10H2,(H,22,23,24)/t16-/m0/s1. The van der Waals surface area contributed by atoms with Crippen LogP contribution in [-0.4, -0.2) is 21.5 Å². The number of nitrogens with one attached hydrogen (secondary N) is 2. The molecule has 5 nitrogen and oxygen atoms in total. The van der Waals surface area contributed by atoms with Crippen molar-refractivity contribution < 1.29 is 0 Å². The third kappa shape index (κ3) is 3.26. The Kier molecular flexibility index (Phi) is 4.16. The molecule has 5 heteroatoms. The highest BCUT2D eigenvalue weighted by atomic mass is 15.1. The lowest BCUT2D eigenvalue weighted by Crippen LogP contribution is -2.16. The molecule has 2 aromatic heterocycles. The van der Waals surface area contributed by atoms with Gasteiger partial charge >= 0.3 is 0 Å². The van der Waals surface area contributed by atoms with Crippen LogP contribution in [-0.2, 0) is 0 Å². The summed E-state index contributed by atoms with van der Waals surface area (Å²) in [6.45, 7) is 1.02. The smallest absolute Gasteiger partial charge is 0.148 e. The first-order chi connectivity index (χ1) is 11.9. The molecule has 1 aliphatic heterocycles. The summed E-state index contributed by atoms with van der Waals surface area (Å²) in [7, 11) is 0. The minimum atomic E-state index is 0.225. The first-order valence-corrected chi connectivity index (χ1v) is 8.23. The summed E-state index contributed by atoms with van der Waals surface area (Å²) in [4.78, 5) is 13.6. The number of aromatic nitrogens is 3. The number of para-hydroxylation sites is 1. The van der Waals surface area contributed by atoms with E-state index >= 15 is 0 Å². The summed E-state index contributed by atoms with van der Waals surface area (Å²) >= 11 is 0. The molecule has 1 aliphatic rings. The summed E-state index contributed by atoms with van der Waals surface area (Å²) in [5.41, 5.74) is 2.97. The van der Waals surface area contributed by atoms with Crippen molar-refractivity contribution >= 4 is 11.5 Å². The lowest BCUT2D eigenvalue weighted by Gasteiger charge is -2.14. The molecular weight excluding hydrogens is 298 g/mol. The summed E-state index contributed by atoms with van der Waals surface area (Å²) in [5.74, 6) is 1.66. The number of anilines is 2. The number of benzene rings is 1. The van der Waals surface area contributed by atoms with Crippen LogP contribution in [0.15, 0.2) is 60.9 Å². The fourth-order valence-electron chi connectivity index (χ4n) is 2.93. The Morgan fingerprint density at radius 1 is 1.00 bits per heavy atom. The summed E-state index contributed by atoms with van der Waals surface area (Å²) in [5, 5.41) is 6.86. The van der Waals surface area contributed by atoms with Gasteiger partial charge in [-0.1, -0.05) is 18.2 Å². The van der Waals surface area contributed by atoms with Gasteiger partial charge in [-0.3, -0.25) is 4.98 Å². The quantitative estimate of drug-likeness (QED) is 0.768. The van der Waals surface area contributed by atoms with E-state index in [1.165, 1.54) is 0 Å². The van der Waals surface area contributed by atoms with Gasteiger partial charge in [-0.05, 0) is 43.7 Å². The molecule has 0 unspecified atom stereocenters. The van der Waals surface area contributed by atoms with Crippen LogP contribution in [0.3, 0.4) is 0 Å². The lowest BCUT2D eigenvalue weighted by atomic mass is 10.1. The van der Waals surface area contributed by atoms with Gasteiger partial charge in [0.15, 0.2) is 0 Å². The van der Waals surface area contributed by atoms with Crippen molar-refractivity contribution in [1.82, 2.24) is 20.3 Å². The van der Waals surface area contributed by atoms with Gasteiger partial charge in [0.2, 0.25) is 0 Å². The van der Waals surface area contributed by atoms with Crippen molar-refractivity contribution in [3.05, 3.63) is 66.7 Å². The van der Waals surface area contributed by atoms with Crippen molar-refractivity contribution in [1.29, 1.82) is 0 Å². The highest BCUT2D eigenvalue weighted by Crippen LogP contribution is 2.26. The zero-order chi connectivity index (χ0) is 16.2. The summed E-state index contributed by atoms with van der Waals surface area (Å²) < 4.78 is 0. The minimum Gasteiger partial charge on any atom is -0.340 e. The number of rotatable bonds is 4. The van der Waals surface area contributed by atoms with Crippen LogP contribution < -0.4 is 10.6 Å². The monoisotopic (exact) mass is 317 g/mol. The lowest BCUT2D eigenvalue weighted by molar-refractivity contribution is 0.606. The van der Waals surface area contributed by atoms with Crippen molar-refractivity contribution in [2.24, 2.45) is 0 Å². The molecule has 1 atom stereocenters. The number of hydrogen-bond donors (Lipinski definition) is 2. The average Bonchev–Trinajstić information content (AvgIpc) is 3.18. The Balaban J connectivity index is 1.73. The molecule has 1 aromatic carbocycles. The highest BCUT2D eigenvalue weighted by molar-refractivity contribution is 5.65. The van der Waals surface area contributed by atoms with E-state index in [0.717, 1.165) is 48.0 Å². The highest BCUT2D eigenvalue weighted by Gasteiger charge is 2.20. The van der Waals surface area contributed by atoms with Crippen LogP contribution in [0.1, 0.15) is 24.7 Å². The fourth-order valence-corrected chi connectivity index (χ4v) is 2.93. The first-order valence-electron chi connectivity index (χ1n) is 8.23. The van der Waals surface area contributed by atoms with E-state index in [9.17, 15) is 0 Å². The van der Waals surface area contributed by atoms with E-state index in [-0.39, 0.29) is 6.04 Å². The van der Waals surface area contributed by atoms with Crippen LogP contribution >= 0.6 is 0 Å². The van der Waals surface area contributed by atoms with Crippen molar-refractivity contribution in [2.45, 2.75) is 18.9 Å². The molecule has 0 bridgehead atoms. The van der Waals surface area contributed by atoms with Crippen molar-refractivity contribution in [2.75, 3.05) is 11.9 Å². The predicted octanol–water partition coefficient (Wildman–Crippen LogP) is 3.71. The van der Waals surface area contributed by atoms with Gasteiger partial charge in [0.1, 0.15) is 11.6 Å². The molecule has 0 radical (unpaired) electrons. The third-order valence-corrected chi connectivity index (χ3v) is 4.14. The van der Waals surface area contributed by atoms with Crippen LogP contribution in [0, 0.1) is 0 Å². The molecule has 0 saturated carbocycles. The zero-order valence-corrected chi connectivity index (χ0v) is 13.3. The van der Waals surface area contributed by atoms with E-state index in [0.29, 0.717) is 0 Å². The first kappa shape index (κ1) is 14.8. The summed E-state index contributed by atoms with van der Waals surface area (Å²) in [6, 6.07) is 16.2. The van der Waals surface area contributed by atoms with Crippen LogP contribution in [0.4, 0.5) is 11.5 Å². The second-order valence-corrected chi connectivity index (χ2v) is 5.87. The maximum atomic E-state index is 4.79. The van der Waals surface area contributed by atoms with Crippen molar-refractivity contribution in [3.63, 3.8) is 0 Å². The van der Waals surface area contributed by atoms with Gasteiger partial charge in [-0.25, -0.2) is 9.97 Å². The second kappa shape index (κ2) is 6.76. The van der Waals surface area contributed by atoms with Crippen LogP contribution in [0.25, 0.3) is 11.3 Å². The second-order valence-electron chi connectivity index (χ2n) is 5.87. The normalized spacial score (nSPS) is 16.9. The molecule has 0 aliphatic carbocycles. The van der Waals surface area contributed by atoms with Gasteiger partial charge in [0, 0.05) is 29.7 Å². The van der Waals surface area contributed by atoms with Gasteiger partial charge in [-0.2, -0.15) is 0 Å². The van der Waals surface area contributed by atoms with Crippen molar-refractivity contribution in [3.8, 4) is 11.3 Å². The molecule has 1 saturated heterocycles. The Morgan fingerprint density at radius 3 is 2.58 bits per heavy atom.